The second kappa shape index (κ2) is 12.4. The molecule has 148 valence electrons. The van der Waals surface area contributed by atoms with Gasteiger partial charge in [0, 0.05) is 6.54 Å². The molecule has 9 heteroatoms. The summed E-state index contributed by atoms with van der Waals surface area (Å²) < 4.78 is 4.81. The second-order valence-corrected chi connectivity index (χ2v) is 5.49. The van der Waals surface area contributed by atoms with Crippen LogP contribution < -0.4 is 4.90 Å². The zero-order chi connectivity index (χ0) is 20.3. The SMILES string of the molecule is CC.CC.CCC(C(=O)OC)N(CC1CC1)c1nc(Cl)ncc1[N+](=O)[O-]. The van der Waals surface area contributed by atoms with Gasteiger partial charge in [-0.25, -0.2) is 9.78 Å². The number of nitro groups is 1. The lowest BCUT2D eigenvalue weighted by atomic mass is 10.1. The standard InChI is InChI=1S/C13H17ClN4O4.2C2H6/c1-3-9(12(19)22-2)17(7-8-4-5-8)11-10(18(20)21)6-15-13(14)16-11;2*1-2/h6,8-9H,3-5,7H2,1-2H3;2*1-2H3. The number of aromatic nitrogens is 2. The van der Waals surface area contributed by atoms with Crippen LogP contribution in [0.5, 0.6) is 0 Å². The number of hydrogen-bond donors (Lipinski definition) is 0. The number of hydrogen-bond acceptors (Lipinski definition) is 7. The lowest BCUT2D eigenvalue weighted by Gasteiger charge is -2.29. The van der Waals surface area contributed by atoms with E-state index in [1.807, 2.05) is 34.6 Å². The van der Waals surface area contributed by atoms with Crippen molar-refractivity contribution in [1.82, 2.24) is 9.97 Å². The van der Waals surface area contributed by atoms with Gasteiger partial charge in [0.2, 0.25) is 11.1 Å². The predicted octanol–water partition coefficient (Wildman–Crippen LogP) is 4.26. The van der Waals surface area contributed by atoms with E-state index in [-0.39, 0.29) is 16.8 Å². The van der Waals surface area contributed by atoms with Gasteiger partial charge in [-0.15, -0.1) is 0 Å². The number of carbonyl (C=O) groups excluding carboxylic acids is 1. The molecule has 0 bridgehead atoms. The van der Waals surface area contributed by atoms with E-state index in [1.165, 1.54) is 7.11 Å². The smallest absolute Gasteiger partial charge is 0.329 e. The average Bonchev–Trinajstić information content (AvgIpc) is 3.48. The maximum atomic E-state index is 12.0. The van der Waals surface area contributed by atoms with Crippen molar-refractivity contribution in [3.05, 3.63) is 21.6 Å². The summed E-state index contributed by atoms with van der Waals surface area (Å²) in [6.07, 6.45) is 3.56. The van der Waals surface area contributed by atoms with E-state index in [0.717, 1.165) is 19.0 Å². The summed E-state index contributed by atoms with van der Waals surface area (Å²) in [5.74, 6) is 0.00776. The summed E-state index contributed by atoms with van der Waals surface area (Å²) in [5.41, 5.74) is -0.271. The van der Waals surface area contributed by atoms with Gasteiger partial charge in [0.05, 0.1) is 12.0 Å². The van der Waals surface area contributed by atoms with Crippen LogP contribution in [-0.4, -0.2) is 40.6 Å². The van der Waals surface area contributed by atoms with Gasteiger partial charge in [-0.2, -0.15) is 4.98 Å². The Hall–Kier alpha value is -1.96. The lowest BCUT2D eigenvalue weighted by Crippen LogP contribution is -2.43. The number of methoxy groups -OCH3 is 1. The number of nitrogens with zero attached hydrogens (tertiary/aromatic N) is 4. The molecule has 1 aromatic rings. The largest absolute Gasteiger partial charge is 0.467 e. The van der Waals surface area contributed by atoms with Crippen molar-refractivity contribution in [2.75, 3.05) is 18.6 Å². The number of halogens is 1. The summed E-state index contributed by atoms with van der Waals surface area (Å²) in [7, 11) is 1.29. The van der Waals surface area contributed by atoms with Crippen LogP contribution in [0, 0.1) is 16.0 Å². The van der Waals surface area contributed by atoms with E-state index in [1.54, 1.807) is 4.90 Å². The molecule has 1 aliphatic rings. The van der Waals surface area contributed by atoms with Gasteiger partial charge in [-0.3, -0.25) is 10.1 Å². The number of anilines is 1. The summed E-state index contributed by atoms with van der Waals surface area (Å²) in [5, 5.41) is 11.1. The Morgan fingerprint density at radius 3 is 2.42 bits per heavy atom. The number of rotatable bonds is 7. The zero-order valence-electron chi connectivity index (χ0n) is 16.4. The van der Waals surface area contributed by atoms with Gasteiger partial charge in [0.1, 0.15) is 12.2 Å². The Labute approximate surface area is 160 Å². The fourth-order valence-corrected chi connectivity index (χ4v) is 2.40. The molecule has 2 rings (SSSR count). The Morgan fingerprint density at radius 2 is 2.00 bits per heavy atom. The van der Waals surface area contributed by atoms with Crippen LogP contribution in [0.3, 0.4) is 0 Å². The van der Waals surface area contributed by atoms with Crippen LogP contribution in [-0.2, 0) is 9.53 Å². The highest BCUT2D eigenvalue weighted by Crippen LogP contribution is 2.35. The molecule has 1 saturated carbocycles. The molecule has 1 atom stereocenters. The van der Waals surface area contributed by atoms with Crippen LogP contribution in [0.2, 0.25) is 5.28 Å². The zero-order valence-corrected chi connectivity index (χ0v) is 17.1. The Bertz CT molecular complexity index is 582. The minimum absolute atomic E-state index is 0.0640. The van der Waals surface area contributed by atoms with Gasteiger partial charge in [0.15, 0.2) is 0 Å². The van der Waals surface area contributed by atoms with Crippen molar-refractivity contribution < 1.29 is 14.5 Å². The fraction of sp³-hybridized carbons (Fsp3) is 0.706. The van der Waals surface area contributed by atoms with Gasteiger partial charge < -0.3 is 9.64 Å². The van der Waals surface area contributed by atoms with Crippen molar-refractivity contribution in [1.29, 1.82) is 0 Å². The molecule has 1 heterocycles. The first-order chi connectivity index (χ1) is 12.5. The third kappa shape index (κ3) is 6.74. The third-order valence-electron chi connectivity index (χ3n) is 3.58. The average molecular weight is 389 g/mol. The Morgan fingerprint density at radius 1 is 1.42 bits per heavy atom. The first-order valence-electron chi connectivity index (χ1n) is 8.99. The van der Waals surface area contributed by atoms with Crippen molar-refractivity contribution in [2.24, 2.45) is 5.92 Å². The molecular formula is C17H29ClN4O4. The molecule has 0 amide bonds. The Balaban J connectivity index is 0.00000146. The molecule has 1 aliphatic carbocycles. The maximum Gasteiger partial charge on any atom is 0.329 e. The summed E-state index contributed by atoms with van der Waals surface area (Å²) in [6, 6.07) is -0.643. The second-order valence-electron chi connectivity index (χ2n) is 5.15. The van der Waals surface area contributed by atoms with Crippen LogP contribution in [0.25, 0.3) is 0 Å². The molecule has 0 aromatic carbocycles. The number of ether oxygens (including phenoxy) is 1. The molecular weight excluding hydrogens is 360 g/mol. The highest BCUT2D eigenvalue weighted by atomic mass is 35.5. The number of esters is 1. The molecule has 1 unspecified atom stereocenters. The van der Waals surface area contributed by atoms with Gasteiger partial charge in [-0.1, -0.05) is 34.6 Å². The van der Waals surface area contributed by atoms with Crippen molar-refractivity contribution in [2.45, 2.75) is 59.9 Å². The van der Waals surface area contributed by atoms with E-state index < -0.39 is 16.9 Å². The van der Waals surface area contributed by atoms with E-state index >= 15 is 0 Å². The van der Waals surface area contributed by atoms with Crippen LogP contribution in [0.15, 0.2) is 6.20 Å². The molecule has 26 heavy (non-hydrogen) atoms. The highest BCUT2D eigenvalue weighted by Gasteiger charge is 2.36. The van der Waals surface area contributed by atoms with E-state index in [0.29, 0.717) is 18.9 Å². The van der Waals surface area contributed by atoms with Crippen molar-refractivity contribution in [3.63, 3.8) is 0 Å². The first kappa shape index (κ1) is 24.0. The molecule has 0 aliphatic heterocycles. The fourth-order valence-electron chi connectivity index (χ4n) is 2.28. The van der Waals surface area contributed by atoms with Gasteiger partial charge in [0.25, 0.3) is 0 Å². The normalized spacial score (nSPS) is 13.3. The molecule has 0 radical (unpaired) electrons. The van der Waals surface area contributed by atoms with Crippen molar-refractivity contribution in [3.8, 4) is 0 Å². The maximum absolute atomic E-state index is 12.0. The van der Waals surface area contributed by atoms with Crippen LogP contribution >= 0.6 is 11.6 Å². The summed E-state index contributed by atoms with van der Waals surface area (Å²) >= 11 is 5.79. The molecule has 0 saturated heterocycles. The minimum Gasteiger partial charge on any atom is -0.467 e. The van der Waals surface area contributed by atoms with E-state index in [2.05, 4.69) is 9.97 Å². The van der Waals surface area contributed by atoms with E-state index in [4.69, 9.17) is 16.3 Å². The minimum atomic E-state index is -0.643. The quantitative estimate of drug-likeness (QED) is 0.298. The third-order valence-corrected chi connectivity index (χ3v) is 3.76. The Kier molecular flexibility index (Phi) is 11.5. The van der Waals surface area contributed by atoms with Crippen LogP contribution in [0.1, 0.15) is 53.9 Å². The van der Waals surface area contributed by atoms with E-state index in [9.17, 15) is 14.9 Å². The molecule has 1 fully saturated rings. The van der Waals surface area contributed by atoms with Crippen LogP contribution in [0.4, 0.5) is 11.5 Å². The van der Waals surface area contributed by atoms with Gasteiger partial charge >= 0.3 is 11.7 Å². The monoisotopic (exact) mass is 388 g/mol. The van der Waals surface area contributed by atoms with Gasteiger partial charge in [-0.05, 0) is 36.8 Å². The molecule has 1 aromatic heterocycles. The molecule has 0 N–H and O–H groups in total. The molecule has 0 spiro atoms. The molecule has 8 nitrogen and oxygen atoms in total. The number of carbonyl (C=O) groups is 1. The predicted molar refractivity (Wildman–Crippen MR) is 103 cm³/mol. The highest BCUT2D eigenvalue weighted by molar-refractivity contribution is 6.28. The van der Waals surface area contributed by atoms with Crippen molar-refractivity contribution >= 4 is 29.1 Å². The summed E-state index contributed by atoms with van der Waals surface area (Å²) in [6.45, 7) is 10.3. The topological polar surface area (TPSA) is 98.5 Å². The lowest BCUT2D eigenvalue weighted by molar-refractivity contribution is -0.384. The first-order valence-corrected chi connectivity index (χ1v) is 9.37. The summed E-state index contributed by atoms with van der Waals surface area (Å²) in [4.78, 5) is 31.9.